The SMILES string of the molecule is Cc1c(C)c2ccc(O[C@H](C)c3ccccc3)cc2oc1=O. The van der Waals surface area contributed by atoms with Gasteiger partial charge < -0.3 is 9.15 Å². The van der Waals surface area contributed by atoms with Crippen LogP contribution in [0.1, 0.15) is 29.7 Å². The zero-order valence-corrected chi connectivity index (χ0v) is 12.9. The van der Waals surface area contributed by atoms with Gasteiger partial charge in [0.25, 0.3) is 0 Å². The Morgan fingerprint density at radius 1 is 1.00 bits per heavy atom. The summed E-state index contributed by atoms with van der Waals surface area (Å²) in [6.07, 6.45) is -0.0723. The largest absolute Gasteiger partial charge is 0.486 e. The fourth-order valence-corrected chi connectivity index (χ4v) is 2.50. The first-order chi connectivity index (χ1) is 10.6. The molecule has 3 aromatic rings. The van der Waals surface area contributed by atoms with E-state index in [1.54, 1.807) is 13.0 Å². The van der Waals surface area contributed by atoms with Gasteiger partial charge in [-0.1, -0.05) is 30.3 Å². The minimum atomic E-state index is -0.293. The molecule has 112 valence electrons. The monoisotopic (exact) mass is 294 g/mol. The van der Waals surface area contributed by atoms with Crippen molar-refractivity contribution >= 4 is 11.0 Å². The smallest absolute Gasteiger partial charge is 0.339 e. The molecule has 0 spiro atoms. The molecule has 1 atom stereocenters. The third-order valence-corrected chi connectivity index (χ3v) is 4.01. The van der Waals surface area contributed by atoms with E-state index in [2.05, 4.69) is 0 Å². The van der Waals surface area contributed by atoms with Crippen LogP contribution in [0.5, 0.6) is 5.75 Å². The lowest BCUT2D eigenvalue weighted by atomic mass is 10.1. The fourth-order valence-electron chi connectivity index (χ4n) is 2.50. The lowest BCUT2D eigenvalue weighted by molar-refractivity contribution is 0.227. The quantitative estimate of drug-likeness (QED) is 0.665. The maximum Gasteiger partial charge on any atom is 0.339 e. The predicted molar refractivity (Wildman–Crippen MR) is 87.4 cm³/mol. The molecule has 0 unspecified atom stereocenters. The molecule has 3 nitrogen and oxygen atoms in total. The van der Waals surface area contributed by atoms with Gasteiger partial charge in [-0.3, -0.25) is 0 Å². The summed E-state index contributed by atoms with van der Waals surface area (Å²) in [7, 11) is 0. The number of hydrogen-bond acceptors (Lipinski definition) is 3. The van der Waals surface area contributed by atoms with Gasteiger partial charge >= 0.3 is 5.63 Å². The average molecular weight is 294 g/mol. The summed E-state index contributed by atoms with van der Waals surface area (Å²) < 4.78 is 11.3. The van der Waals surface area contributed by atoms with Crippen LogP contribution in [-0.2, 0) is 0 Å². The van der Waals surface area contributed by atoms with Crippen LogP contribution in [0.2, 0.25) is 0 Å². The van der Waals surface area contributed by atoms with Gasteiger partial charge in [0.15, 0.2) is 0 Å². The first kappa shape index (κ1) is 14.4. The molecule has 0 saturated carbocycles. The van der Waals surface area contributed by atoms with Gasteiger partial charge in [-0.05, 0) is 44.0 Å². The van der Waals surface area contributed by atoms with Gasteiger partial charge in [0, 0.05) is 17.0 Å². The molecule has 1 heterocycles. The Bertz CT molecular complexity index is 863. The first-order valence-electron chi connectivity index (χ1n) is 7.32. The Labute approximate surface area is 129 Å². The minimum absolute atomic E-state index is 0.0723. The summed E-state index contributed by atoms with van der Waals surface area (Å²) in [6, 6.07) is 15.6. The van der Waals surface area contributed by atoms with Crippen LogP contribution in [0.25, 0.3) is 11.0 Å². The van der Waals surface area contributed by atoms with Crippen LogP contribution in [-0.4, -0.2) is 0 Å². The average Bonchev–Trinajstić information content (AvgIpc) is 2.53. The van der Waals surface area contributed by atoms with Crippen LogP contribution in [0.3, 0.4) is 0 Å². The molecule has 2 aromatic carbocycles. The van der Waals surface area contributed by atoms with Crippen molar-refractivity contribution in [3.63, 3.8) is 0 Å². The van der Waals surface area contributed by atoms with E-state index in [1.165, 1.54) is 0 Å². The molecule has 0 N–H and O–H groups in total. The number of ether oxygens (including phenoxy) is 1. The zero-order valence-electron chi connectivity index (χ0n) is 12.9. The molecule has 0 bridgehead atoms. The summed E-state index contributed by atoms with van der Waals surface area (Å²) in [4.78, 5) is 11.8. The Balaban J connectivity index is 1.96. The lowest BCUT2D eigenvalue weighted by Crippen LogP contribution is -2.06. The van der Waals surface area contributed by atoms with Crippen molar-refractivity contribution in [1.82, 2.24) is 0 Å². The van der Waals surface area contributed by atoms with E-state index in [0.717, 1.165) is 16.5 Å². The molecule has 3 rings (SSSR count). The van der Waals surface area contributed by atoms with Crippen molar-refractivity contribution in [1.29, 1.82) is 0 Å². The summed E-state index contributed by atoms with van der Waals surface area (Å²) in [5, 5.41) is 0.941. The van der Waals surface area contributed by atoms with Gasteiger partial charge in [-0.25, -0.2) is 4.79 Å². The molecule has 1 aromatic heterocycles. The predicted octanol–water partition coefficient (Wildman–Crippen LogP) is 4.55. The van der Waals surface area contributed by atoms with Crippen LogP contribution in [0.15, 0.2) is 57.7 Å². The number of rotatable bonds is 3. The van der Waals surface area contributed by atoms with E-state index in [4.69, 9.17) is 9.15 Å². The van der Waals surface area contributed by atoms with E-state index >= 15 is 0 Å². The standard InChI is InChI=1S/C19H18O3/c1-12-13(2)19(20)22-18-11-16(9-10-17(12)18)21-14(3)15-7-5-4-6-8-15/h4-11,14H,1-3H3/t14-/m1/s1. The van der Waals surface area contributed by atoms with Gasteiger partial charge in [-0.2, -0.15) is 0 Å². The van der Waals surface area contributed by atoms with E-state index in [-0.39, 0.29) is 11.7 Å². The molecule has 0 radical (unpaired) electrons. The maximum absolute atomic E-state index is 11.8. The number of aryl methyl sites for hydroxylation is 1. The zero-order chi connectivity index (χ0) is 15.7. The van der Waals surface area contributed by atoms with Crippen molar-refractivity contribution < 1.29 is 9.15 Å². The van der Waals surface area contributed by atoms with E-state index in [0.29, 0.717) is 16.9 Å². The Hall–Kier alpha value is -2.55. The molecular formula is C19H18O3. The Morgan fingerprint density at radius 3 is 2.45 bits per heavy atom. The third kappa shape index (κ3) is 2.62. The Kier molecular flexibility index (Phi) is 3.72. The third-order valence-electron chi connectivity index (χ3n) is 4.01. The second kappa shape index (κ2) is 5.68. The minimum Gasteiger partial charge on any atom is -0.486 e. The number of hydrogen-bond donors (Lipinski definition) is 0. The molecule has 0 amide bonds. The second-order valence-corrected chi connectivity index (χ2v) is 5.47. The van der Waals surface area contributed by atoms with Crippen LogP contribution in [0, 0.1) is 13.8 Å². The van der Waals surface area contributed by atoms with Crippen LogP contribution >= 0.6 is 0 Å². The van der Waals surface area contributed by atoms with E-state index in [9.17, 15) is 4.79 Å². The van der Waals surface area contributed by atoms with E-state index < -0.39 is 0 Å². The number of fused-ring (bicyclic) bond motifs is 1. The highest BCUT2D eigenvalue weighted by molar-refractivity contribution is 5.82. The van der Waals surface area contributed by atoms with Crippen LogP contribution < -0.4 is 10.4 Å². The van der Waals surface area contributed by atoms with Crippen molar-refractivity contribution in [2.75, 3.05) is 0 Å². The Morgan fingerprint density at radius 2 is 1.73 bits per heavy atom. The van der Waals surface area contributed by atoms with E-state index in [1.807, 2.05) is 56.3 Å². The molecule has 3 heteroatoms. The summed E-state index contributed by atoms with van der Waals surface area (Å²) in [5.74, 6) is 0.690. The highest BCUT2D eigenvalue weighted by atomic mass is 16.5. The first-order valence-corrected chi connectivity index (χ1v) is 7.32. The summed E-state index contributed by atoms with van der Waals surface area (Å²) in [6.45, 7) is 5.71. The highest BCUT2D eigenvalue weighted by Crippen LogP contribution is 2.27. The van der Waals surface area contributed by atoms with Crippen molar-refractivity contribution in [3.8, 4) is 5.75 Å². The molecule has 0 saturated heterocycles. The topological polar surface area (TPSA) is 39.4 Å². The number of benzene rings is 2. The van der Waals surface area contributed by atoms with Gasteiger partial charge in [0.05, 0.1) is 0 Å². The van der Waals surface area contributed by atoms with Gasteiger partial charge in [0.1, 0.15) is 17.4 Å². The van der Waals surface area contributed by atoms with Crippen molar-refractivity contribution in [3.05, 3.63) is 75.6 Å². The van der Waals surface area contributed by atoms with Gasteiger partial charge in [-0.15, -0.1) is 0 Å². The second-order valence-electron chi connectivity index (χ2n) is 5.47. The molecule has 0 aliphatic heterocycles. The van der Waals surface area contributed by atoms with Crippen LogP contribution in [0.4, 0.5) is 0 Å². The molecule has 0 fully saturated rings. The molecule has 0 aliphatic carbocycles. The molecule has 22 heavy (non-hydrogen) atoms. The normalized spacial score (nSPS) is 12.3. The maximum atomic E-state index is 11.8. The molecular weight excluding hydrogens is 276 g/mol. The van der Waals surface area contributed by atoms with Gasteiger partial charge in [0.2, 0.25) is 0 Å². The van der Waals surface area contributed by atoms with Crippen molar-refractivity contribution in [2.24, 2.45) is 0 Å². The lowest BCUT2D eigenvalue weighted by Gasteiger charge is -2.15. The summed E-state index contributed by atoms with van der Waals surface area (Å²) >= 11 is 0. The van der Waals surface area contributed by atoms with Crippen molar-refractivity contribution in [2.45, 2.75) is 26.9 Å². The summed E-state index contributed by atoms with van der Waals surface area (Å²) in [5.41, 5.74) is 2.97. The highest BCUT2D eigenvalue weighted by Gasteiger charge is 2.11. The fraction of sp³-hybridized carbons (Fsp3) is 0.211. The molecule has 0 aliphatic rings.